The highest BCUT2D eigenvalue weighted by Gasteiger charge is 2.22. The molecule has 2 rings (SSSR count). The van der Waals surface area contributed by atoms with Crippen molar-refractivity contribution < 1.29 is 9.84 Å². The van der Waals surface area contributed by atoms with Gasteiger partial charge in [-0.05, 0) is 30.9 Å². The fourth-order valence-corrected chi connectivity index (χ4v) is 2.80. The Bertz CT molecular complexity index is 491. The van der Waals surface area contributed by atoms with E-state index in [1.807, 2.05) is 12.1 Å². The first-order valence-electron chi connectivity index (χ1n) is 8.05. The molecule has 0 saturated heterocycles. The molecule has 2 unspecified atom stereocenters. The van der Waals surface area contributed by atoms with Crippen molar-refractivity contribution in [2.45, 2.75) is 38.6 Å². The lowest BCUT2D eigenvalue weighted by atomic mass is 9.86. The molecule has 122 valence electrons. The first-order valence-corrected chi connectivity index (χ1v) is 8.05. The molecule has 2 atom stereocenters. The molecule has 1 aliphatic rings. The number of aromatic hydroxyl groups is 1. The van der Waals surface area contributed by atoms with Crippen molar-refractivity contribution in [2.75, 3.05) is 25.6 Å². The van der Waals surface area contributed by atoms with Crippen LogP contribution in [0.5, 0.6) is 5.75 Å². The van der Waals surface area contributed by atoms with E-state index in [9.17, 15) is 5.11 Å². The Kier molecular flexibility index (Phi) is 6.52. The smallest absolute Gasteiger partial charge is 0.196 e. The lowest BCUT2D eigenvalue weighted by Crippen LogP contribution is -2.44. The van der Waals surface area contributed by atoms with Gasteiger partial charge in [0.15, 0.2) is 5.96 Å². The van der Waals surface area contributed by atoms with Gasteiger partial charge in [0, 0.05) is 24.9 Å². The van der Waals surface area contributed by atoms with E-state index in [-0.39, 0.29) is 5.75 Å². The van der Waals surface area contributed by atoms with Gasteiger partial charge in [-0.15, -0.1) is 0 Å². The number of hydrogen-bond donors (Lipinski definition) is 3. The minimum absolute atomic E-state index is 0.243. The molecule has 0 aliphatic heterocycles. The average molecular weight is 305 g/mol. The van der Waals surface area contributed by atoms with E-state index in [1.165, 1.54) is 25.7 Å². The number of nitrogens with zero attached hydrogens (tertiary/aromatic N) is 1. The summed E-state index contributed by atoms with van der Waals surface area (Å²) >= 11 is 0. The molecule has 5 heteroatoms. The molecule has 3 N–H and O–H groups in total. The highest BCUT2D eigenvalue weighted by Crippen LogP contribution is 2.24. The summed E-state index contributed by atoms with van der Waals surface area (Å²) in [6, 6.07) is 7.52. The third-order valence-corrected chi connectivity index (χ3v) is 4.11. The van der Waals surface area contributed by atoms with Gasteiger partial charge >= 0.3 is 0 Å². The van der Waals surface area contributed by atoms with Crippen LogP contribution in [0.4, 0.5) is 5.69 Å². The van der Waals surface area contributed by atoms with E-state index in [4.69, 9.17) is 4.74 Å². The van der Waals surface area contributed by atoms with Gasteiger partial charge in [-0.25, -0.2) is 0 Å². The average Bonchev–Trinajstić information content (AvgIpc) is 2.50. The van der Waals surface area contributed by atoms with Crippen molar-refractivity contribution in [2.24, 2.45) is 10.9 Å². The minimum atomic E-state index is 0.243. The Morgan fingerprint density at radius 3 is 2.91 bits per heavy atom. The van der Waals surface area contributed by atoms with Crippen molar-refractivity contribution in [3.8, 4) is 5.75 Å². The van der Waals surface area contributed by atoms with Crippen molar-refractivity contribution >= 4 is 11.6 Å². The zero-order valence-corrected chi connectivity index (χ0v) is 13.5. The van der Waals surface area contributed by atoms with Crippen LogP contribution in [0.3, 0.4) is 0 Å². The molecule has 0 amide bonds. The molecule has 1 saturated carbocycles. The van der Waals surface area contributed by atoms with Gasteiger partial charge in [-0.1, -0.05) is 25.8 Å². The van der Waals surface area contributed by atoms with E-state index >= 15 is 0 Å². The molecule has 0 radical (unpaired) electrons. The molecule has 22 heavy (non-hydrogen) atoms. The zero-order valence-electron chi connectivity index (χ0n) is 13.5. The number of methoxy groups -OCH3 is 1. The molecule has 0 spiro atoms. The SMILES string of the molecule is COCCN=C(Nc1cccc(O)c1)NC1CCCCC1C. The molecular weight excluding hydrogens is 278 g/mol. The maximum atomic E-state index is 9.58. The van der Waals surface area contributed by atoms with Crippen LogP contribution in [0.15, 0.2) is 29.3 Å². The van der Waals surface area contributed by atoms with Crippen LogP contribution in [0.1, 0.15) is 32.6 Å². The van der Waals surface area contributed by atoms with Crippen LogP contribution in [0.25, 0.3) is 0 Å². The molecule has 1 aliphatic carbocycles. The molecule has 0 aromatic heterocycles. The summed E-state index contributed by atoms with van der Waals surface area (Å²) in [6.45, 7) is 3.48. The first-order chi connectivity index (χ1) is 10.7. The Morgan fingerprint density at radius 2 is 2.18 bits per heavy atom. The summed E-state index contributed by atoms with van der Waals surface area (Å²) in [4.78, 5) is 4.55. The topological polar surface area (TPSA) is 65.9 Å². The molecule has 0 heterocycles. The number of aliphatic imine (C=N–C) groups is 1. The lowest BCUT2D eigenvalue weighted by molar-refractivity contribution is 0.208. The van der Waals surface area contributed by atoms with Crippen LogP contribution in [0, 0.1) is 5.92 Å². The van der Waals surface area contributed by atoms with Crippen molar-refractivity contribution in [3.63, 3.8) is 0 Å². The number of ether oxygens (including phenoxy) is 1. The second-order valence-electron chi connectivity index (χ2n) is 5.91. The molecule has 0 bridgehead atoms. The minimum Gasteiger partial charge on any atom is -0.508 e. The molecular formula is C17H27N3O2. The van der Waals surface area contributed by atoms with Crippen molar-refractivity contribution in [1.82, 2.24) is 5.32 Å². The number of hydrogen-bond acceptors (Lipinski definition) is 3. The van der Waals surface area contributed by atoms with E-state index in [0.29, 0.717) is 25.1 Å². The molecule has 5 nitrogen and oxygen atoms in total. The monoisotopic (exact) mass is 305 g/mol. The number of phenolic OH excluding ortho intramolecular Hbond substituents is 1. The largest absolute Gasteiger partial charge is 0.508 e. The predicted molar refractivity (Wildman–Crippen MR) is 90.5 cm³/mol. The summed E-state index contributed by atoms with van der Waals surface area (Å²) in [5.41, 5.74) is 0.826. The Balaban J connectivity index is 2.03. The summed E-state index contributed by atoms with van der Waals surface area (Å²) in [6.07, 6.45) is 5.01. The number of rotatable bonds is 5. The fourth-order valence-electron chi connectivity index (χ4n) is 2.80. The van der Waals surface area contributed by atoms with Crippen LogP contribution < -0.4 is 10.6 Å². The second kappa shape index (κ2) is 8.63. The van der Waals surface area contributed by atoms with Gasteiger partial charge in [-0.2, -0.15) is 0 Å². The van der Waals surface area contributed by atoms with Gasteiger partial charge in [-0.3, -0.25) is 4.99 Å². The lowest BCUT2D eigenvalue weighted by Gasteiger charge is -2.31. The van der Waals surface area contributed by atoms with Gasteiger partial charge in [0.25, 0.3) is 0 Å². The van der Waals surface area contributed by atoms with E-state index < -0.39 is 0 Å². The number of phenols is 1. The molecule has 1 fully saturated rings. The van der Waals surface area contributed by atoms with E-state index in [0.717, 1.165) is 11.6 Å². The van der Waals surface area contributed by atoms with Gasteiger partial charge < -0.3 is 20.5 Å². The number of benzene rings is 1. The highest BCUT2D eigenvalue weighted by atomic mass is 16.5. The quantitative estimate of drug-likeness (QED) is 0.444. The van der Waals surface area contributed by atoms with Crippen molar-refractivity contribution in [3.05, 3.63) is 24.3 Å². The van der Waals surface area contributed by atoms with E-state index in [1.54, 1.807) is 19.2 Å². The Morgan fingerprint density at radius 1 is 1.36 bits per heavy atom. The van der Waals surface area contributed by atoms with Gasteiger partial charge in [0.1, 0.15) is 5.75 Å². The fraction of sp³-hybridized carbons (Fsp3) is 0.588. The zero-order chi connectivity index (χ0) is 15.8. The number of guanidine groups is 1. The summed E-state index contributed by atoms with van der Waals surface area (Å²) in [5, 5.41) is 16.4. The number of anilines is 1. The van der Waals surface area contributed by atoms with Gasteiger partial charge in [0.2, 0.25) is 0 Å². The molecule has 1 aromatic rings. The number of nitrogens with one attached hydrogen (secondary N) is 2. The predicted octanol–water partition coefficient (Wildman–Crippen LogP) is 2.97. The van der Waals surface area contributed by atoms with Gasteiger partial charge in [0.05, 0.1) is 13.2 Å². The normalized spacial score (nSPS) is 22.4. The summed E-state index contributed by atoms with van der Waals surface area (Å²) < 4.78 is 5.07. The summed E-state index contributed by atoms with van der Waals surface area (Å²) in [7, 11) is 1.68. The van der Waals surface area contributed by atoms with E-state index in [2.05, 4.69) is 22.5 Å². The first kappa shape index (κ1) is 16.6. The van der Waals surface area contributed by atoms with Crippen LogP contribution in [-0.4, -0.2) is 37.4 Å². The van der Waals surface area contributed by atoms with Crippen LogP contribution in [0.2, 0.25) is 0 Å². The molecule has 1 aromatic carbocycles. The van der Waals surface area contributed by atoms with Crippen LogP contribution >= 0.6 is 0 Å². The third-order valence-electron chi connectivity index (χ3n) is 4.11. The standard InChI is InChI=1S/C17H27N3O2/c1-13-6-3-4-9-16(13)20-17(18-10-11-22-2)19-14-7-5-8-15(21)12-14/h5,7-8,12-13,16,21H,3-4,6,9-11H2,1-2H3,(H2,18,19,20). The maximum absolute atomic E-state index is 9.58. The highest BCUT2D eigenvalue weighted by molar-refractivity contribution is 5.94. The second-order valence-corrected chi connectivity index (χ2v) is 5.91. The Hall–Kier alpha value is -1.75. The summed E-state index contributed by atoms with van der Waals surface area (Å²) in [5.74, 6) is 1.64. The van der Waals surface area contributed by atoms with Crippen LogP contribution in [-0.2, 0) is 4.74 Å². The maximum Gasteiger partial charge on any atom is 0.196 e. The third kappa shape index (κ3) is 5.22. The Labute approximate surface area is 132 Å². The van der Waals surface area contributed by atoms with Crippen molar-refractivity contribution in [1.29, 1.82) is 0 Å².